The number of hydrogen-bond donors (Lipinski definition) is 4. The molecule has 4 N–H and O–H groups in total. The molecule has 2 aromatic rings. The van der Waals surface area contributed by atoms with Crippen LogP contribution in [0.15, 0.2) is 59.5 Å². The summed E-state index contributed by atoms with van der Waals surface area (Å²) in [5, 5.41) is 21.1. The van der Waals surface area contributed by atoms with E-state index in [1.54, 1.807) is 26.0 Å². The van der Waals surface area contributed by atoms with E-state index in [4.69, 9.17) is 14.9 Å². The number of nitrogens with one attached hydrogen (secondary N) is 2. The Morgan fingerprint density at radius 3 is 1.88 bits per heavy atom. The summed E-state index contributed by atoms with van der Waals surface area (Å²) in [5.41, 5.74) is 1.86. The van der Waals surface area contributed by atoms with Gasteiger partial charge in [0.1, 0.15) is 0 Å². The maximum atomic E-state index is 12.9. The van der Waals surface area contributed by atoms with E-state index in [1.807, 2.05) is 45.9 Å². The summed E-state index contributed by atoms with van der Waals surface area (Å²) >= 11 is 0. The molecule has 1 heterocycles. The lowest BCUT2D eigenvalue weighted by molar-refractivity contribution is -0.115. The molecule has 2 aromatic carbocycles. The maximum Gasteiger partial charge on any atom is 0.404 e. The van der Waals surface area contributed by atoms with Crippen molar-refractivity contribution in [2.75, 3.05) is 44.8 Å². The molecule has 0 spiro atoms. The van der Waals surface area contributed by atoms with Crippen LogP contribution in [0.25, 0.3) is 0 Å². The number of aryl methyl sites for hydroxylation is 1. The molecule has 1 fully saturated rings. The van der Waals surface area contributed by atoms with Crippen molar-refractivity contribution in [1.29, 1.82) is 0 Å². The largest absolute Gasteiger partial charge is 0.465 e. The van der Waals surface area contributed by atoms with Gasteiger partial charge in [-0.15, -0.1) is 0 Å². The van der Waals surface area contributed by atoms with E-state index in [2.05, 4.69) is 29.7 Å². The molecule has 3 rings (SSSR count). The van der Waals surface area contributed by atoms with E-state index in [0.29, 0.717) is 25.1 Å². The van der Waals surface area contributed by atoms with Gasteiger partial charge in [0.05, 0.1) is 4.90 Å². The highest BCUT2D eigenvalue weighted by Gasteiger charge is 2.24. The SMILES string of the molecule is C1CCOC1.CC.CCC(=O)Nc1ccc(S(=O)(=O)N(CCCNC(=O)O)CC(C)C)cc1.CCO.Cc1ccccc1. The number of sulfonamides is 1. The molecule has 1 aliphatic heterocycles. The fourth-order valence-corrected chi connectivity index (χ4v) is 4.96. The summed E-state index contributed by atoms with van der Waals surface area (Å²) in [6, 6.07) is 16.3. The molecule has 0 saturated carbocycles. The number of aliphatic hydroxyl groups is 1. The van der Waals surface area contributed by atoms with Crippen molar-refractivity contribution in [2.24, 2.45) is 5.92 Å². The Labute approximate surface area is 259 Å². The third-order valence-corrected chi connectivity index (χ3v) is 7.17. The molecule has 246 valence electrons. The molecular weight excluding hydrogens is 570 g/mol. The lowest BCUT2D eigenvalue weighted by Gasteiger charge is -2.24. The second-order valence-corrected chi connectivity index (χ2v) is 11.5. The smallest absolute Gasteiger partial charge is 0.404 e. The van der Waals surface area contributed by atoms with Crippen molar-refractivity contribution in [1.82, 2.24) is 9.62 Å². The number of carbonyl (C=O) groups is 2. The fourth-order valence-electron chi connectivity index (χ4n) is 3.32. The average molecular weight is 626 g/mol. The highest BCUT2D eigenvalue weighted by molar-refractivity contribution is 7.89. The zero-order valence-electron chi connectivity index (χ0n) is 27.1. The van der Waals surface area contributed by atoms with Crippen molar-refractivity contribution in [3.8, 4) is 0 Å². The van der Waals surface area contributed by atoms with E-state index in [9.17, 15) is 18.0 Å². The third-order valence-electron chi connectivity index (χ3n) is 5.29. The van der Waals surface area contributed by atoms with E-state index < -0.39 is 16.1 Å². The number of rotatable bonds is 10. The number of ether oxygens (including phenoxy) is 1. The van der Waals surface area contributed by atoms with Gasteiger partial charge in [0.15, 0.2) is 0 Å². The normalized spacial score (nSPS) is 11.8. The van der Waals surface area contributed by atoms with Crippen LogP contribution < -0.4 is 10.6 Å². The topological polar surface area (TPSA) is 145 Å². The van der Waals surface area contributed by atoms with Crippen LogP contribution in [0.5, 0.6) is 0 Å². The molecule has 1 saturated heterocycles. The Bertz CT molecular complexity index is 1050. The Balaban J connectivity index is 0. The predicted octanol–water partition coefficient (Wildman–Crippen LogP) is 6.16. The molecule has 2 amide bonds. The minimum atomic E-state index is -3.70. The molecule has 0 radical (unpaired) electrons. The molecule has 0 aliphatic carbocycles. The van der Waals surface area contributed by atoms with Crippen LogP contribution in [0.1, 0.15) is 72.8 Å². The van der Waals surface area contributed by atoms with Crippen LogP contribution in [0.4, 0.5) is 10.5 Å². The molecule has 0 unspecified atom stereocenters. The fraction of sp³-hybridized carbons (Fsp3) is 0.562. The van der Waals surface area contributed by atoms with Crippen molar-refractivity contribution in [3.05, 3.63) is 60.2 Å². The quantitative estimate of drug-likeness (QED) is 0.232. The van der Waals surface area contributed by atoms with Gasteiger partial charge in [-0.25, -0.2) is 13.2 Å². The van der Waals surface area contributed by atoms with Crippen LogP contribution in [0.3, 0.4) is 0 Å². The first-order valence-corrected chi connectivity index (χ1v) is 16.5. The summed E-state index contributed by atoms with van der Waals surface area (Å²) < 4.78 is 32.1. The van der Waals surface area contributed by atoms with Gasteiger partial charge < -0.3 is 25.6 Å². The molecule has 10 nitrogen and oxygen atoms in total. The lowest BCUT2D eigenvalue weighted by Crippen LogP contribution is -2.36. The number of aliphatic hydroxyl groups excluding tert-OH is 1. The third kappa shape index (κ3) is 22.2. The van der Waals surface area contributed by atoms with Gasteiger partial charge in [-0.1, -0.05) is 70.5 Å². The van der Waals surface area contributed by atoms with Crippen LogP contribution in [-0.4, -0.2) is 74.4 Å². The summed E-state index contributed by atoms with van der Waals surface area (Å²) in [5.74, 6) is -0.0201. The Morgan fingerprint density at radius 1 is 0.977 bits per heavy atom. The van der Waals surface area contributed by atoms with Gasteiger partial charge in [0, 0.05) is 51.6 Å². The summed E-state index contributed by atoms with van der Waals surface area (Å²) in [7, 11) is -3.70. The number of nitrogens with zero attached hydrogens (tertiary/aromatic N) is 1. The van der Waals surface area contributed by atoms with Crippen molar-refractivity contribution < 1.29 is 33.0 Å². The molecule has 43 heavy (non-hydrogen) atoms. The number of amides is 2. The van der Waals surface area contributed by atoms with Crippen LogP contribution in [-0.2, 0) is 19.6 Å². The maximum absolute atomic E-state index is 12.9. The first kappa shape index (κ1) is 42.1. The number of carboxylic acid groups (broad SMARTS) is 1. The van der Waals surface area contributed by atoms with Crippen LogP contribution in [0, 0.1) is 12.8 Å². The van der Waals surface area contributed by atoms with Gasteiger partial charge >= 0.3 is 6.09 Å². The lowest BCUT2D eigenvalue weighted by atomic mass is 10.2. The monoisotopic (exact) mass is 625 g/mol. The second-order valence-electron chi connectivity index (χ2n) is 9.56. The van der Waals surface area contributed by atoms with E-state index >= 15 is 0 Å². The second kappa shape index (κ2) is 26.6. The van der Waals surface area contributed by atoms with Gasteiger partial charge in [0.25, 0.3) is 0 Å². The highest BCUT2D eigenvalue weighted by atomic mass is 32.2. The van der Waals surface area contributed by atoms with Gasteiger partial charge in [-0.3, -0.25) is 4.79 Å². The summed E-state index contributed by atoms with van der Waals surface area (Å²) in [6.45, 7) is 16.3. The van der Waals surface area contributed by atoms with Crippen molar-refractivity contribution in [2.45, 2.75) is 79.0 Å². The molecule has 0 atom stereocenters. The average Bonchev–Trinajstić information content (AvgIpc) is 3.57. The van der Waals surface area contributed by atoms with Crippen molar-refractivity contribution in [3.63, 3.8) is 0 Å². The Morgan fingerprint density at radius 2 is 1.51 bits per heavy atom. The zero-order valence-corrected chi connectivity index (χ0v) is 28.0. The van der Waals surface area contributed by atoms with Gasteiger partial charge in [-0.2, -0.15) is 4.31 Å². The van der Waals surface area contributed by atoms with Crippen LogP contribution >= 0.6 is 0 Å². The molecule has 1 aliphatic rings. The van der Waals surface area contributed by atoms with E-state index in [-0.39, 0.29) is 36.4 Å². The Kier molecular flexibility index (Phi) is 26.1. The highest BCUT2D eigenvalue weighted by Crippen LogP contribution is 2.20. The van der Waals surface area contributed by atoms with E-state index in [0.717, 1.165) is 13.2 Å². The first-order chi connectivity index (χ1) is 20.5. The predicted molar refractivity (Wildman–Crippen MR) is 175 cm³/mol. The molecular formula is C32H55N3O7S. The number of carbonyl (C=O) groups excluding carboxylic acids is 1. The van der Waals surface area contributed by atoms with Crippen LogP contribution in [0.2, 0.25) is 0 Å². The first-order valence-electron chi connectivity index (χ1n) is 15.0. The van der Waals surface area contributed by atoms with E-state index in [1.165, 1.54) is 34.8 Å². The number of hydrogen-bond acceptors (Lipinski definition) is 6. The summed E-state index contributed by atoms with van der Waals surface area (Å²) in [6.07, 6.45) is 2.14. The number of anilines is 1. The van der Waals surface area contributed by atoms with Gasteiger partial charge in [-0.05, 0) is 63.3 Å². The number of benzene rings is 2. The summed E-state index contributed by atoms with van der Waals surface area (Å²) in [4.78, 5) is 22.0. The molecule has 0 aromatic heterocycles. The molecule has 11 heteroatoms. The molecule has 0 bridgehead atoms. The Hall–Kier alpha value is -2.99. The minimum Gasteiger partial charge on any atom is -0.465 e. The minimum absolute atomic E-state index is 0.125. The standard InChI is InChI=1S/C17H27N3O5S.C7H8.C4H8O.C2H6O.C2H6/c1-4-16(21)19-14-6-8-15(9-7-14)26(24,25)20(12-13(2)3)11-5-10-18-17(22)23;1-7-5-3-2-4-6-7;1-2-4-5-3-1;1-2-3;1-2/h6-9,13,18H,4-5,10-12H2,1-3H3,(H,19,21)(H,22,23);2-6H,1H3;1-4H2;3H,2H2,1H3;1-2H3. The van der Waals surface area contributed by atoms with Crippen molar-refractivity contribution >= 4 is 27.7 Å². The zero-order chi connectivity index (χ0) is 33.1. The van der Waals surface area contributed by atoms with Gasteiger partial charge in [0.2, 0.25) is 15.9 Å².